The van der Waals surface area contributed by atoms with E-state index in [4.69, 9.17) is 16.3 Å². The zero-order chi connectivity index (χ0) is 20.6. The van der Waals surface area contributed by atoms with E-state index in [9.17, 15) is 4.79 Å². The molecule has 3 rings (SSSR count). The molecule has 1 aliphatic heterocycles. The topological polar surface area (TPSA) is 66.0 Å². The van der Waals surface area contributed by atoms with Crippen LogP contribution in [0, 0.1) is 0 Å². The van der Waals surface area contributed by atoms with Crippen LogP contribution in [0.25, 0.3) is 0 Å². The number of carbonyl (C=O) groups excluding carboxylic acids is 1. The third-order valence-electron chi connectivity index (χ3n) is 4.96. The van der Waals surface area contributed by atoms with Crippen molar-refractivity contribution in [1.82, 2.24) is 15.5 Å². The molecule has 0 fully saturated rings. The Morgan fingerprint density at radius 3 is 2.83 bits per heavy atom. The molecular formula is C21H28ClIN4O2S. The molecular weight excluding hydrogens is 535 g/mol. The summed E-state index contributed by atoms with van der Waals surface area (Å²) in [7, 11) is 3.35. The van der Waals surface area contributed by atoms with Crippen LogP contribution in [-0.4, -0.2) is 50.6 Å². The van der Waals surface area contributed by atoms with Crippen LogP contribution in [0.4, 0.5) is 0 Å². The van der Waals surface area contributed by atoms with Crippen molar-refractivity contribution < 1.29 is 9.53 Å². The Balaban J connectivity index is 0.00000320. The van der Waals surface area contributed by atoms with Gasteiger partial charge in [-0.25, -0.2) is 0 Å². The monoisotopic (exact) mass is 562 g/mol. The van der Waals surface area contributed by atoms with Gasteiger partial charge in [0.15, 0.2) is 5.96 Å². The van der Waals surface area contributed by atoms with Crippen LogP contribution in [0.15, 0.2) is 34.6 Å². The van der Waals surface area contributed by atoms with Crippen molar-refractivity contribution in [3.8, 4) is 5.75 Å². The van der Waals surface area contributed by atoms with Crippen LogP contribution in [0.5, 0.6) is 5.75 Å². The first kappa shape index (κ1) is 24.7. The highest BCUT2D eigenvalue weighted by Gasteiger charge is 2.21. The number of methoxy groups -OCH3 is 1. The number of hydrogen-bond donors (Lipinski definition) is 2. The minimum atomic E-state index is 0. The molecule has 0 saturated heterocycles. The Labute approximate surface area is 204 Å². The Hall–Kier alpha value is -1.52. The maximum absolute atomic E-state index is 12.5. The third kappa shape index (κ3) is 6.75. The van der Waals surface area contributed by atoms with E-state index < -0.39 is 0 Å². The number of benzene rings is 1. The molecule has 0 bridgehead atoms. The van der Waals surface area contributed by atoms with Crippen molar-refractivity contribution in [2.24, 2.45) is 4.99 Å². The largest absolute Gasteiger partial charge is 0.497 e. The average molecular weight is 563 g/mol. The number of aliphatic imine (C=N–C) groups is 1. The predicted molar refractivity (Wildman–Crippen MR) is 135 cm³/mol. The van der Waals surface area contributed by atoms with Gasteiger partial charge in [0.1, 0.15) is 5.75 Å². The molecule has 6 nitrogen and oxygen atoms in total. The SMILES string of the molecule is CN=C(NCCC(=O)N1CCc2sccc2C1)NCCc1ccc(OC)cc1Cl.I. The van der Waals surface area contributed by atoms with Gasteiger partial charge in [-0.15, -0.1) is 35.3 Å². The normalized spacial score (nSPS) is 13.3. The van der Waals surface area contributed by atoms with Crippen molar-refractivity contribution >= 4 is 58.8 Å². The van der Waals surface area contributed by atoms with E-state index >= 15 is 0 Å². The summed E-state index contributed by atoms with van der Waals surface area (Å²) < 4.78 is 5.17. The summed E-state index contributed by atoms with van der Waals surface area (Å²) in [5.41, 5.74) is 2.33. The first-order chi connectivity index (χ1) is 14.1. The molecule has 2 heterocycles. The van der Waals surface area contributed by atoms with E-state index in [2.05, 4.69) is 27.1 Å². The van der Waals surface area contributed by atoms with Gasteiger partial charge in [0.05, 0.1) is 7.11 Å². The number of nitrogens with zero attached hydrogens (tertiary/aromatic N) is 2. The lowest BCUT2D eigenvalue weighted by Gasteiger charge is -2.27. The number of thiophene rings is 1. The molecule has 0 aliphatic carbocycles. The quantitative estimate of drug-likeness (QED) is 0.307. The molecule has 164 valence electrons. The van der Waals surface area contributed by atoms with Gasteiger partial charge in [0, 0.05) is 49.5 Å². The highest BCUT2D eigenvalue weighted by Crippen LogP contribution is 2.24. The third-order valence-corrected chi connectivity index (χ3v) is 6.34. The van der Waals surface area contributed by atoms with Gasteiger partial charge < -0.3 is 20.3 Å². The van der Waals surface area contributed by atoms with Gasteiger partial charge in [0.25, 0.3) is 0 Å². The van der Waals surface area contributed by atoms with Gasteiger partial charge in [-0.1, -0.05) is 17.7 Å². The summed E-state index contributed by atoms with van der Waals surface area (Å²) in [6, 6.07) is 7.81. The van der Waals surface area contributed by atoms with E-state index in [1.54, 1.807) is 25.5 Å². The average Bonchev–Trinajstić information content (AvgIpc) is 3.21. The van der Waals surface area contributed by atoms with Crippen LogP contribution in [0.3, 0.4) is 0 Å². The number of amides is 1. The molecule has 1 aromatic carbocycles. The van der Waals surface area contributed by atoms with Gasteiger partial charge in [-0.05, 0) is 47.5 Å². The highest BCUT2D eigenvalue weighted by atomic mass is 127. The van der Waals surface area contributed by atoms with Crippen molar-refractivity contribution in [1.29, 1.82) is 0 Å². The van der Waals surface area contributed by atoms with Crippen molar-refractivity contribution in [2.45, 2.75) is 25.8 Å². The van der Waals surface area contributed by atoms with E-state index in [1.165, 1.54) is 10.4 Å². The van der Waals surface area contributed by atoms with Crippen molar-refractivity contribution in [3.63, 3.8) is 0 Å². The fraction of sp³-hybridized carbons (Fsp3) is 0.429. The van der Waals surface area contributed by atoms with Crippen LogP contribution < -0.4 is 15.4 Å². The second kappa shape index (κ2) is 12.4. The molecule has 0 spiro atoms. The Morgan fingerprint density at radius 2 is 2.10 bits per heavy atom. The number of fused-ring (bicyclic) bond motifs is 1. The Bertz CT molecular complexity index is 874. The number of carbonyl (C=O) groups is 1. The Kier molecular flexibility index (Phi) is 10.2. The van der Waals surface area contributed by atoms with Crippen LogP contribution in [0.2, 0.25) is 5.02 Å². The molecule has 9 heteroatoms. The smallest absolute Gasteiger partial charge is 0.224 e. The van der Waals surface area contributed by atoms with E-state index in [0.29, 0.717) is 30.5 Å². The molecule has 0 saturated carbocycles. The summed E-state index contributed by atoms with van der Waals surface area (Å²) in [4.78, 5) is 20.1. The van der Waals surface area contributed by atoms with Crippen LogP contribution in [-0.2, 0) is 24.2 Å². The first-order valence-corrected chi connectivity index (χ1v) is 11.0. The molecule has 0 atom stereocenters. The number of halogens is 2. The Morgan fingerprint density at radius 1 is 1.30 bits per heavy atom. The van der Waals surface area contributed by atoms with Gasteiger partial charge in [-0.2, -0.15) is 0 Å². The van der Waals surface area contributed by atoms with Crippen molar-refractivity contribution in [3.05, 3.63) is 50.7 Å². The molecule has 1 aliphatic rings. The summed E-state index contributed by atoms with van der Waals surface area (Å²) in [6.07, 6.45) is 2.17. The lowest BCUT2D eigenvalue weighted by Crippen LogP contribution is -2.41. The molecule has 1 aromatic heterocycles. The summed E-state index contributed by atoms with van der Waals surface area (Å²) in [5.74, 6) is 1.61. The summed E-state index contributed by atoms with van der Waals surface area (Å²) in [5, 5.41) is 9.27. The summed E-state index contributed by atoms with van der Waals surface area (Å²) >= 11 is 8.06. The highest BCUT2D eigenvalue weighted by molar-refractivity contribution is 14.0. The number of guanidine groups is 1. The molecule has 1 amide bonds. The maximum Gasteiger partial charge on any atom is 0.224 e. The van der Waals surface area contributed by atoms with Crippen molar-refractivity contribution in [2.75, 3.05) is 33.8 Å². The van der Waals surface area contributed by atoms with Gasteiger partial charge in [-0.3, -0.25) is 9.79 Å². The van der Waals surface area contributed by atoms with E-state index in [0.717, 1.165) is 37.2 Å². The molecule has 30 heavy (non-hydrogen) atoms. The van der Waals surface area contributed by atoms with Gasteiger partial charge >= 0.3 is 0 Å². The minimum absolute atomic E-state index is 0. The number of rotatable bonds is 7. The zero-order valence-electron chi connectivity index (χ0n) is 17.2. The van der Waals surface area contributed by atoms with E-state index in [1.807, 2.05) is 23.1 Å². The zero-order valence-corrected chi connectivity index (χ0v) is 21.1. The maximum atomic E-state index is 12.5. The fourth-order valence-electron chi connectivity index (χ4n) is 3.30. The van der Waals surface area contributed by atoms with Crippen LogP contribution >= 0.6 is 46.9 Å². The fourth-order valence-corrected chi connectivity index (χ4v) is 4.46. The number of hydrogen-bond acceptors (Lipinski definition) is 4. The number of ether oxygens (including phenoxy) is 1. The molecule has 2 N–H and O–H groups in total. The molecule has 2 aromatic rings. The predicted octanol–water partition coefficient (Wildman–Crippen LogP) is 3.71. The van der Waals surface area contributed by atoms with Gasteiger partial charge in [0.2, 0.25) is 5.91 Å². The molecule has 0 unspecified atom stereocenters. The summed E-state index contributed by atoms with van der Waals surface area (Å²) in [6.45, 7) is 2.77. The lowest BCUT2D eigenvalue weighted by atomic mass is 10.1. The minimum Gasteiger partial charge on any atom is -0.497 e. The lowest BCUT2D eigenvalue weighted by molar-refractivity contribution is -0.131. The van der Waals surface area contributed by atoms with E-state index in [-0.39, 0.29) is 29.9 Å². The first-order valence-electron chi connectivity index (χ1n) is 9.70. The van der Waals surface area contributed by atoms with Crippen LogP contribution in [0.1, 0.15) is 22.4 Å². The second-order valence-corrected chi connectivity index (χ2v) is 8.23. The number of nitrogens with one attached hydrogen (secondary N) is 2. The second-order valence-electron chi connectivity index (χ2n) is 6.82. The standard InChI is InChI=1S/C21H27ClN4O2S.HI/c1-23-21(24-9-5-15-3-4-17(28-2)13-18(15)22)25-10-6-20(27)26-11-7-19-16(14-26)8-12-29-19;/h3-4,8,12-13H,5-7,9-11,14H2,1-2H3,(H2,23,24,25);1H. The molecule has 0 radical (unpaired) electrons.